The van der Waals surface area contributed by atoms with Crippen molar-refractivity contribution in [2.45, 2.75) is 58.2 Å². The normalized spacial score (nSPS) is 35.5. The van der Waals surface area contributed by atoms with Crippen molar-refractivity contribution >= 4 is 0 Å². The molecule has 2 unspecified atom stereocenters. The molecule has 1 aromatic rings. The number of rotatable bonds is 0. The number of aliphatic hydroxyl groups is 1. The quantitative estimate of drug-likeness (QED) is 0.769. The highest BCUT2D eigenvalue weighted by Gasteiger charge is 2.48. The minimum absolute atomic E-state index is 0.197. The van der Waals surface area contributed by atoms with Gasteiger partial charge in [-0.25, -0.2) is 4.39 Å². The number of hydrogen-bond acceptors (Lipinski definition) is 2. The van der Waals surface area contributed by atoms with Gasteiger partial charge in [-0.2, -0.15) is 0 Å². The van der Waals surface area contributed by atoms with Crippen LogP contribution in [0.3, 0.4) is 0 Å². The monoisotopic (exact) mass is 278 g/mol. The fourth-order valence-corrected chi connectivity index (χ4v) is 4.51. The summed E-state index contributed by atoms with van der Waals surface area (Å²) in [6, 6.07) is 4.43. The summed E-state index contributed by atoms with van der Waals surface area (Å²) in [4.78, 5) is 0. The van der Waals surface area contributed by atoms with Crippen LogP contribution in [0.15, 0.2) is 18.2 Å². The highest BCUT2D eigenvalue weighted by atomic mass is 19.1. The van der Waals surface area contributed by atoms with Crippen molar-refractivity contribution in [1.82, 2.24) is 0 Å². The number of benzene rings is 1. The first-order chi connectivity index (χ1) is 9.29. The van der Waals surface area contributed by atoms with Crippen LogP contribution >= 0.6 is 0 Å². The standard InChI is InChI=1S/C17H23FO2/c1-11-7-16(2,3)10-17(8-11)9-14(19)13-5-4-12(18)6-15(13)20-17/h4-6,11,14,19H,7-10H2,1-3H3/t11?,14-,17?/m0/s1. The maximum absolute atomic E-state index is 13.4. The van der Waals surface area contributed by atoms with E-state index in [1.54, 1.807) is 6.07 Å². The molecule has 3 rings (SSSR count). The molecule has 0 radical (unpaired) electrons. The maximum atomic E-state index is 13.4. The van der Waals surface area contributed by atoms with Crippen molar-refractivity contribution in [1.29, 1.82) is 0 Å². The Hall–Kier alpha value is -1.09. The molecule has 2 aliphatic rings. The summed E-state index contributed by atoms with van der Waals surface area (Å²) < 4.78 is 19.7. The first kappa shape index (κ1) is 13.9. The Morgan fingerprint density at radius 1 is 1.25 bits per heavy atom. The second-order valence-corrected chi connectivity index (χ2v) is 7.54. The number of aliphatic hydroxyl groups excluding tert-OH is 1. The zero-order valence-corrected chi connectivity index (χ0v) is 12.4. The van der Waals surface area contributed by atoms with Crippen LogP contribution in [0, 0.1) is 17.2 Å². The van der Waals surface area contributed by atoms with E-state index < -0.39 is 6.10 Å². The molecule has 0 amide bonds. The number of halogens is 1. The van der Waals surface area contributed by atoms with Crippen molar-refractivity contribution in [3.8, 4) is 5.75 Å². The lowest BCUT2D eigenvalue weighted by Crippen LogP contribution is -2.49. The Morgan fingerprint density at radius 3 is 2.70 bits per heavy atom. The Balaban J connectivity index is 1.97. The third kappa shape index (κ3) is 2.44. The molecule has 3 atom stereocenters. The van der Waals surface area contributed by atoms with E-state index >= 15 is 0 Å². The molecular formula is C17H23FO2. The molecule has 2 nitrogen and oxygen atoms in total. The summed E-state index contributed by atoms with van der Waals surface area (Å²) in [5.41, 5.74) is 0.567. The molecule has 1 fully saturated rings. The number of fused-ring (bicyclic) bond motifs is 1. The zero-order valence-electron chi connectivity index (χ0n) is 12.4. The van der Waals surface area contributed by atoms with Gasteiger partial charge in [-0.15, -0.1) is 0 Å². The highest BCUT2D eigenvalue weighted by Crippen LogP contribution is 2.52. The molecule has 0 bridgehead atoms. The van der Waals surface area contributed by atoms with Crippen LogP contribution in [0.2, 0.25) is 0 Å². The number of hydrogen-bond donors (Lipinski definition) is 1. The highest BCUT2D eigenvalue weighted by molar-refractivity contribution is 5.38. The van der Waals surface area contributed by atoms with Gasteiger partial charge in [0, 0.05) is 18.1 Å². The van der Waals surface area contributed by atoms with Gasteiger partial charge in [-0.3, -0.25) is 0 Å². The minimum atomic E-state index is -0.555. The molecule has 1 saturated carbocycles. The molecule has 0 aromatic heterocycles. The zero-order chi connectivity index (χ0) is 14.5. The van der Waals surface area contributed by atoms with E-state index in [0.29, 0.717) is 23.7 Å². The number of ether oxygens (including phenoxy) is 1. The molecule has 1 aromatic carbocycles. The van der Waals surface area contributed by atoms with Gasteiger partial charge in [0.05, 0.1) is 6.10 Å². The lowest BCUT2D eigenvalue weighted by atomic mass is 9.63. The second-order valence-electron chi connectivity index (χ2n) is 7.54. The molecule has 1 aliphatic carbocycles. The van der Waals surface area contributed by atoms with Crippen molar-refractivity contribution in [2.75, 3.05) is 0 Å². The van der Waals surface area contributed by atoms with Gasteiger partial charge in [0.2, 0.25) is 0 Å². The van der Waals surface area contributed by atoms with Crippen molar-refractivity contribution in [3.63, 3.8) is 0 Å². The third-order valence-electron chi connectivity index (χ3n) is 4.65. The Bertz CT molecular complexity index is 526. The maximum Gasteiger partial charge on any atom is 0.128 e. The van der Waals surface area contributed by atoms with Gasteiger partial charge in [0.25, 0.3) is 0 Å². The fourth-order valence-electron chi connectivity index (χ4n) is 4.51. The van der Waals surface area contributed by atoms with Gasteiger partial charge < -0.3 is 9.84 Å². The smallest absolute Gasteiger partial charge is 0.128 e. The van der Waals surface area contributed by atoms with Gasteiger partial charge in [-0.05, 0) is 42.7 Å². The Kier molecular flexibility index (Phi) is 3.09. The second kappa shape index (κ2) is 4.45. The lowest BCUT2D eigenvalue weighted by molar-refractivity contribution is -0.0823. The molecule has 1 heterocycles. The summed E-state index contributed by atoms with van der Waals surface area (Å²) >= 11 is 0. The van der Waals surface area contributed by atoms with Crippen LogP contribution < -0.4 is 4.74 Å². The topological polar surface area (TPSA) is 29.5 Å². The van der Waals surface area contributed by atoms with Gasteiger partial charge in [0.1, 0.15) is 17.2 Å². The van der Waals surface area contributed by atoms with Gasteiger partial charge in [-0.1, -0.05) is 20.8 Å². The SMILES string of the molecule is CC1CC(C)(C)CC2(C1)C[C@H](O)c1ccc(F)cc1O2. The van der Waals surface area contributed by atoms with E-state index in [1.807, 2.05) is 0 Å². The summed E-state index contributed by atoms with van der Waals surface area (Å²) in [5.74, 6) is 0.769. The third-order valence-corrected chi connectivity index (χ3v) is 4.65. The molecule has 1 spiro atoms. The van der Waals surface area contributed by atoms with Crippen LogP contribution in [0.5, 0.6) is 5.75 Å². The van der Waals surface area contributed by atoms with E-state index in [1.165, 1.54) is 18.6 Å². The molecule has 20 heavy (non-hydrogen) atoms. The average molecular weight is 278 g/mol. The molecule has 110 valence electrons. The van der Waals surface area contributed by atoms with Crippen LogP contribution in [0.4, 0.5) is 4.39 Å². The predicted octanol–water partition coefficient (Wildman–Crippen LogP) is 4.23. The van der Waals surface area contributed by atoms with Crippen LogP contribution in [0.25, 0.3) is 0 Å². The van der Waals surface area contributed by atoms with Crippen molar-refractivity contribution in [3.05, 3.63) is 29.6 Å². The first-order valence-electron chi connectivity index (χ1n) is 7.45. The summed E-state index contributed by atoms with van der Waals surface area (Å²) in [7, 11) is 0. The van der Waals surface area contributed by atoms with Gasteiger partial charge in [0.15, 0.2) is 0 Å². The summed E-state index contributed by atoms with van der Waals surface area (Å²) in [5, 5.41) is 10.4. The van der Waals surface area contributed by atoms with E-state index in [-0.39, 0.29) is 16.8 Å². The molecular weight excluding hydrogens is 255 g/mol. The Labute approximate surface area is 120 Å². The minimum Gasteiger partial charge on any atom is -0.487 e. The van der Waals surface area contributed by atoms with E-state index in [9.17, 15) is 9.50 Å². The summed E-state index contributed by atoms with van der Waals surface area (Å²) in [6.07, 6.45) is 3.07. The van der Waals surface area contributed by atoms with E-state index in [2.05, 4.69) is 20.8 Å². The average Bonchev–Trinajstić information content (AvgIpc) is 2.23. The van der Waals surface area contributed by atoms with Crippen LogP contribution in [-0.4, -0.2) is 10.7 Å². The molecule has 1 aliphatic heterocycles. The van der Waals surface area contributed by atoms with Crippen LogP contribution in [0.1, 0.15) is 58.1 Å². The van der Waals surface area contributed by atoms with Crippen molar-refractivity contribution in [2.24, 2.45) is 11.3 Å². The first-order valence-corrected chi connectivity index (χ1v) is 7.45. The lowest BCUT2D eigenvalue weighted by Gasteiger charge is -2.50. The van der Waals surface area contributed by atoms with E-state index in [4.69, 9.17) is 4.74 Å². The largest absolute Gasteiger partial charge is 0.487 e. The molecule has 3 heteroatoms. The van der Waals surface area contributed by atoms with Crippen molar-refractivity contribution < 1.29 is 14.2 Å². The fraction of sp³-hybridized carbons (Fsp3) is 0.647. The van der Waals surface area contributed by atoms with Gasteiger partial charge >= 0.3 is 0 Å². The van der Waals surface area contributed by atoms with Crippen LogP contribution in [-0.2, 0) is 0 Å². The Morgan fingerprint density at radius 2 is 2.00 bits per heavy atom. The molecule has 1 N–H and O–H groups in total. The van der Waals surface area contributed by atoms with E-state index in [0.717, 1.165) is 12.8 Å². The predicted molar refractivity (Wildman–Crippen MR) is 76.1 cm³/mol. The molecule has 0 saturated heterocycles. The summed E-state index contributed by atoms with van der Waals surface area (Å²) in [6.45, 7) is 6.74.